The number of carbonyl (C=O) groups excluding carboxylic acids is 1. The van der Waals surface area contributed by atoms with Gasteiger partial charge in [-0.3, -0.25) is 4.79 Å². The number of halogens is 1. The molecule has 1 aliphatic rings. The topological polar surface area (TPSA) is 29.1 Å². The zero-order valence-corrected chi connectivity index (χ0v) is 8.55. The zero-order valence-electron chi connectivity index (χ0n) is 7.79. The first-order valence-corrected chi connectivity index (χ1v) is 5.15. The van der Waals surface area contributed by atoms with Crippen LogP contribution in [0.1, 0.15) is 18.4 Å². The molecule has 0 bridgehead atoms. The van der Waals surface area contributed by atoms with E-state index in [4.69, 9.17) is 11.6 Å². The number of nitrogens with one attached hydrogen (secondary N) is 1. The maximum atomic E-state index is 11.3. The molecular formula is C11H12ClNO. The van der Waals surface area contributed by atoms with E-state index in [-0.39, 0.29) is 11.8 Å². The molecule has 0 radical (unpaired) electrons. The summed E-state index contributed by atoms with van der Waals surface area (Å²) in [7, 11) is 0. The van der Waals surface area contributed by atoms with E-state index in [1.807, 2.05) is 24.3 Å². The summed E-state index contributed by atoms with van der Waals surface area (Å²) < 4.78 is 0. The van der Waals surface area contributed by atoms with Crippen molar-refractivity contribution in [2.24, 2.45) is 5.92 Å². The van der Waals surface area contributed by atoms with Crippen LogP contribution in [-0.2, 0) is 11.3 Å². The molecule has 1 fully saturated rings. The Hall–Kier alpha value is -1.02. The normalized spacial score (nSPS) is 15.2. The maximum Gasteiger partial charge on any atom is 0.223 e. The number of hydrogen-bond donors (Lipinski definition) is 1. The van der Waals surface area contributed by atoms with E-state index in [0.717, 1.165) is 23.4 Å². The molecule has 1 N–H and O–H groups in total. The lowest BCUT2D eigenvalue weighted by Crippen LogP contribution is -2.23. The van der Waals surface area contributed by atoms with Gasteiger partial charge >= 0.3 is 0 Å². The first kappa shape index (κ1) is 9.53. The van der Waals surface area contributed by atoms with E-state index in [2.05, 4.69) is 5.32 Å². The minimum atomic E-state index is 0.181. The van der Waals surface area contributed by atoms with Crippen molar-refractivity contribution in [3.8, 4) is 0 Å². The minimum Gasteiger partial charge on any atom is -0.352 e. The van der Waals surface area contributed by atoms with Crippen LogP contribution in [0.3, 0.4) is 0 Å². The van der Waals surface area contributed by atoms with Crippen LogP contribution in [0.4, 0.5) is 0 Å². The monoisotopic (exact) mass is 209 g/mol. The first-order chi connectivity index (χ1) is 6.75. The average Bonchev–Trinajstić information content (AvgIpc) is 3.00. The molecule has 2 rings (SSSR count). The van der Waals surface area contributed by atoms with Crippen LogP contribution < -0.4 is 5.32 Å². The molecular weight excluding hydrogens is 198 g/mol. The predicted molar refractivity (Wildman–Crippen MR) is 56.0 cm³/mol. The maximum absolute atomic E-state index is 11.3. The van der Waals surface area contributed by atoms with Gasteiger partial charge in [-0.25, -0.2) is 0 Å². The van der Waals surface area contributed by atoms with Crippen LogP contribution in [0.2, 0.25) is 5.02 Å². The van der Waals surface area contributed by atoms with Crippen LogP contribution in [0.15, 0.2) is 24.3 Å². The second-order valence-electron chi connectivity index (χ2n) is 3.62. The highest BCUT2D eigenvalue weighted by molar-refractivity contribution is 6.30. The number of rotatable bonds is 3. The summed E-state index contributed by atoms with van der Waals surface area (Å²) >= 11 is 5.75. The number of benzene rings is 1. The first-order valence-electron chi connectivity index (χ1n) is 4.78. The van der Waals surface area contributed by atoms with Gasteiger partial charge in [-0.1, -0.05) is 23.7 Å². The number of amides is 1. The van der Waals surface area contributed by atoms with Gasteiger partial charge in [0, 0.05) is 17.5 Å². The van der Waals surface area contributed by atoms with Gasteiger partial charge in [0.2, 0.25) is 5.91 Å². The summed E-state index contributed by atoms with van der Waals surface area (Å²) in [4.78, 5) is 11.3. The third-order valence-corrected chi connectivity index (χ3v) is 2.58. The van der Waals surface area contributed by atoms with Gasteiger partial charge < -0.3 is 5.32 Å². The Bertz CT molecular complexity index is 330. The average molecular weight is 210 g/mol. The second kappa shape index (κ2) is 4.01. The van der Waals surface area contributed by atoms with Gasteiger partial charge in [-0.2, -0.15) is 0 Å². The van der Waals surface area contributed by atoms with Gasteiger partial charge in [-0.05, 0) is 30.5 Å². The zero-order chi connectivity index (χ0) is 9.97. The summed E-state index contributed by atoms with van der Waals surface area (Å²) in [6.07, 6.45) is 2.10. The molecule has 0 saturated heterocycles. The third-order valence-electron chi connectivity index (χ3n) is 2.33. The molecule has 0 spiro atoms. The Kier molecular flexibility index (Phi) is 2.73. The molecule has 1 saturated carbocycles. The lowest BCUT2D eigenvalue weighted by molar-refractivity contribution is -0.122. The highest BCUT2D eigenvalue weighted by Gasteiger charge is 2.29. The number of hydrogen-bond acceptors (Lipinski definition) is 1. The highest BCUT2D eigenvalue weighted by atomic mass is 35.5. The Morgan fingerprint density at radius 2 is 2.00 bits per heavy atom. The van der Waals surface area contributed by atoms with Gasteiger partial charge in [0.15, 0.2) is 0 Å². The Morgan fingerprint density at radius 1 is 1.36 bits per heavy atom. The van der Waals surface area contributed by atoms with E-state index < -0.39 is 0 Å². The molecule has 14 heavy (non-hydrogen) atoms. The minimum absolute atomic E-state index is 0.181. The van der Waals surface area contributed by atoms with Crippen LogP contribution in [0, 0.1) is 5.92 Å². The van der Waals surface area contributed by atoms with Gasteiger partial charge in [0.25, 0.3) is 0 Å². The van der Waals surface area contributed by atoms with Crippen LogP contribution >= 0.6 is 11.6 Å². The molecule has 74 valence electrons. The van der Waals surface area contributed by atoms with Crippen LogP contribution in [-0.4, -0.2) is 5.91 Å². The lowest BCUT2D eigenvalue weighted by atomic mass is 10.2. The molecule has 1 aromatic rings. The van der Waals surface area contributed by atoms with Gasteiger partial charge in [0.05, 0.1) is 0 Å². The molecule has 1 aliphatic carbocycles. The van der Waals surface area contributed by atoms with Crippen molar-refractivity contribution in [1.82, 2.24) is 5.32 Å². The van der Waals surface area contributed by atoms with Crippen molar-refractivity contribution >= 4 is 17.5 Å². The van der Waals surface area contributed by atoms with E-state index in [1.54, 1.807) is 0 Å². The molecule has 0 aromatic heterocycles. The molecule has 0 unspecified atom stereocenters. The lowest BCUT2D eigenvalue weighted by Gasteiger charge is -2.03. The Balaban J connectivity index is 1.85. The SMILES string of the molecule is O=C(NCc1ccc(Cl)cc1)C1CC1. The number of carbonyl (C=O) groups is 1. The van der Waals surface area contributed by atoms with Crippen molar-refractivity contribution in [3.63, 3.8) is 0 Å². The highest BCUT2D eigenvalue weighted by Crippen LogP contribution is 2.28. The van der Waals surface area contributed by atoms with Crippen molar-refractivity contribution in [2.45, 2.75) is 19.4 Å². The van der Waals surface area contributed by atoms with E-state index in [0.29, 0.717) is 6.54 Å². The second-order valence-corrected chi connectivity index (χ2v) is 4.05. The fraction of sp³-hybridized carbons (Fsp3) is 0.364. The predicted octanol–water partition coefficient (Wildman–Crippen LogP) is 2.37. The summed E-state index contributed by atoms with van der Waals surface area (Å²) in [6.45, 7) is 0.604. The fourth-order valence-corrected chi connectivity index (χ4v) is 1.41. The molecule has 3 heteroatoms. The summed E-state index contributed by atoms with van der Waals surface area (Å²) in [6, 6.07) is 7.52. The Morgan fingerprint density at radius 3 is 2.57 bits per heavy atom. The summed E-state index contributed by atoms with van der Waals surface area (Å²) in [5.74, 6) is 0.460. The van der Waals surface area contributed by atoms with Crippen LogP contribution in [0.5, 0.6) is 0 Å². The summed E-state index contributed by atoms with van der Waals surface area (Å²) in [5, 5.41) is 3.62. The molecule has 0 aliphatic heterocycles. The molecule has 2 nitrogen and oxygen atoms in total. The quantitative estimate of drug-likeness (QED) is 0.814. The molecule has 1 aromatic carbocycles. The standard InChI is InChI=1S/C11H12ClNO/c12-10-5-1-8(2-6-10)7-13-11(14)9-3-4-9/h1-2,5-6,9H,3-4,7H2,(H,13,14). The third kappa shape index (κ3) is 2.48. The fourth-order valence-electron chi connectivity index (χ4n) is 1.28. The van der Waals surface area contributed by atoms with E-state index >= 15 is 0 Å². The van der Waals surface area contributed by atoms with E-state index in [9.17, 15) is 4.79 Å². The summed E-state index contributed by atoms with van der Waals surface area (Å²) in [5.41, 5.74) is 1.09. The molecule has 0 heterocycles. The van der Waals surface area contributed by atoms with Crippen molar-refractivity contribution in [1.29, 1.82) is 0 Å². The van der Waals surface area contributed by atoms with Crippen molar-refractivity contribution < 1.29 is 4.79 Å². The Labute approximate surface area is 88.3 Å². The van der Waals surface area contributed by atoms with E-state index in [1.165, 1.54) is 0 Å². The molecule has 0 atom stereocenters. The van der Waals surface area contributed by atoms with Crippen LogP contribution in [0.25, 0.3) is 0 Å². The van der Waals surface area contributed by atoms with Crippen molar-refractivity contribution in [2.75, 3.05) is 0 Å². The largest absolute Gasteiger partial charge is 0.352 e. The van der Waals surface area contributed by atoms with Crippen molar-refractivity contribution in [3.05, 3.63) is 34.9 Å². The molecule has 1 amide bonds. The smallest absolute Gasteiger partial charge is 0.223 e. The van der Waals surface area contributed by atoms with Gasteiger partial charge in [-0.15, -0.1) is 0 Å². The van der Waals surface area contributed by atoms with Gasteiger partial charge in [0.1, 0.15) is 0 Å².